The van der Waals surface area contributed by atoms with Gasteiger partial charge in [0.05, 0.1) is 16.4 Å². The molecule has 1 unspecified atom stereocenters. The summed E-state index contributed by atoms with van der Waals surface area (Å²) in [7, 11) is 0. The van der Waals surface area contributed by atoms with Crippen LogP contribution in [0.15, 0.2) is 103 Å². The smallest absolute Gasteiger partial charge is 0.0751 e. The summed E-state index contributed by atoms with van der Waals surface area (Å²) in [5, 5.41) is 2.71. The molecule has 0 saturated carbocycles. The molecule has 0 saturated heterocycles. The molecule has 2 heterocycles. The molecule has 0 amide bonds. The number of hydrogen-bond donors (Lipinski definition) is 0. The Balaban J connectivity index is 1.68. The Morgan fingerprint density at radius 3 is 2.48 bits per heavy atom. The predicted molar refractivity (Wildman–Crippen MR) is 138 cm³/mol. The van der Waals surface area contributed by atoms with Crippen LogP contribution >= 0.6 is 0 Å². The van der Waals surface area contributed by atoms with Crippen molar-refractivity contribution in [3.63, 3.8) is 0 Å². The molecule has 3 aliphatic rings. The van der Waals surface area contributed by atoms with E-state index in [1.807, 2.05) is 0 Å². The lowest BCUT2D eigenvalue weighted by atomic mass is 9.63. The second-order valence-corrected chi connectivity index (χ2v) is 9.70. The van der Waals surface area contributed by atoms with Crippen LogP contribution in [0.25, 0.3) is 38.6 Å². The largest absolute Gasteiger partial charge is 0.312 e. The van der Waals surface area contributed by atoms with Crippen LogP contribution in [0.2, 0.25) is 0 Å². The van der Waals surface area contributed by atoms with E-state index in [1.165, 1.54) is 66.5 Å². The summed E-state index contributed by atoms with van der Waals surface area (Å²) in [4.78, 5) is 0. The molecule has 8 rings (SSSR count). The molecular weight excluding hydrogens is 398 g/mol. The van der Waals surface area contributed by atoms with Gasteiger partial charge in [-0.15, -0.1) is 0 Å². The van der Waals surface area contributed by atoms with E-state index in [9.17, 15) is 0 Å². The monoisotopic (exact) mass is 421 g/mol. The van der Waals surface area contributed by atoms with Crippen LogP contribution in [-0.4, -0.2) is 4.57 Å². The molecule has 0 bridgehead atoms. The van der Waals surface area contributed by atoms with Gasteiger partial charge in [-0.05, 0) is 59.2 Å². The lowest BCUT2D eigenvalue weighted by molar-refractivity contribution is 0.733. The minimum Gasteiger partial charge on any atom is -0.312 e. The number of aromatic nitrogens is 1. The van der Waals surface area contributed by atoms with E-state index in [0.717, 1.165) is 12.8 Å². The van der Waals surface area contributed by atoms with Gasteiger partial charge in [-0.25, -0.2) is 0 Å². The average molecular weight is 422 g/mol. The van der Waals surface area contributed by atoms with Crippen molar-refractivity contribution in [3.8, 4) is 11.1 Å². The maximum absolute atomic E-state index is 2.58. The van der Waals surface area contributed by atoms with Crippen molar-refractivity contribution in [3.05, 3.63) is 125 Å². The first kappa shape index (κ1) is 17.7. The molecule has 0 fully saturated rings. The third-order valence-corrected chi connectivity index (χ3v) is 8.12. The lowest BCUT2D eigenvalue weighted by Gasteiger charge is -2.41. The molecule has 1 atom stereocenters. The number of para-hydroxylation sites is 2. The molecule has 4 aromatic carbocycles. The first-order valence-electron chi connectivity index (χ1n) is 11.9. The van der Waals surface area contributed by atoms with Gasteiger partial charge in [0.1, 0.15) is 0 Å². The number of nitrogens with zero attached hydrogens (tertiary/aromatic N) is 1. The van der Waals surface area contributed by atoms with Gasteiger partial charge >= 0.3 is 0 Å². The van der Waals surface area contributed by atoms with Crippen molar-refractivity contribution >= 4 is 27.5 Å². The van der Waals surface area contributed by atoms with Gasteiger partial charge in [-0.3, -0.25) is 0 Å². The maximum Gasteiger partial charge on any atom is 0.0751 e. The van der Waals surface area contributed by atoms with Crippen LogP contribution in [0.1, 0.15) is 35.1 Å². The quantitative estimate of drug-likeness (QED) is 0.239. The van der Waals surface area contributed by atoms with Crippen molar-refractivity contribution in [2.24, 2.45) is 0 Å². The highest BCUT2D eigenvalue weighted by Gasteiger charge is 2.51. The Kier molecular flexibility index (Phi) is 3.18. The summed E-state index contributed by atoms with van der Waals surface area (Å²) < 4.78 is 2.58. The molecule has 1 aliphatic heterocycles. The first-order chi connectivity index (χ1) is 16.3. The zero-order chi connectivity index (χ0) is 21.7. The van der Waals surface area contributed by atoms with Gasteiger partial charge in [-0.1, -0.05) is 96.6 Å². The van der Waals surface area contributed by atoms with Crippen LogP contribution in [0, 0.1) is 6.92 Å². The minimum absolute atomic E-state index is 0.270. The summed E-state index contributed by atoms with van der Waals surface area (Å²) in [5.74, 6) is 0. The summed E-state index contributed by atoms with van der Waals surface area (Å²) in [6.45, 7) is 2.23. The standard InChI is InChI=1S/C32H23N/c1-20-17-18-22-21-9-2-4-12-25(21)32(28(22)19-20)26-13-5-7-16-30(26)33-29-15-6-3-10-23(29)24-11-8-14-27(32)31(24)33/h2-6,8-15,17-19H,7,16H2,1H3. The van der Waals surface area contributed by atoms with Crippen molar-refractivity contribution in [2.75, 3.05) is 0 Å². The molecule has 1 aromatic heterocycles. The van der Waals surface area contributed by atoms with Crippen LogP contribution < -0.4 is 0 Å². The van der Waals surface area contributed by atoms with Crippen LogP contribution in [-0.2, 0) is 5.41 Å². The van der Waals surface area contributed by atoms with Gasteiger partial charge in [0.2, 0.25) is 0 Å². The molecule has 156 valence electrons. The molecule has 33 heavy (non-hydrogen) atoms. The Labute approximate surface area is 193 Å². The highest BCUT2D eigenvalue weighted by Crippen LogP contribution is 2.62. The normalized spacial score (nSPS) is 19.9. The van der Waals surface area contributed by atoms with Crippen molar-refractivity contribution in [2.45, 2.75) is 25.2 Å². The van der Waals surface area contributed by atoms with Gasteiger partial charge in [0.15, 0.2) is 0 Å². The molecule has 0 radical (unpaired) electrons. The molecule has 1 heteroatoms. The Morgan fingerprint density at radius 1 is 0.727 bits per heavy atom. The number of rotatable bonds is 0. The number of fused-ring (bicyclic) bond motifs is 11. The molecular formula is C32H23N. The Bertz CT molecular complexity index is 1720. The summed E-state index contributed by atoms with van der Waals surface area (Å²) >= 11 is 0. The fourth-order valence-corrected chi connectivity index (χ4v) is 6.95. The van der Waals surface area contributed by atoms with Gasteiger partial charge in [-0.2, -0.15) is 0 Å². The molecule has 1 nitrogen and oxygen atoms in total. The second kappa shape index (κ2) is 5.94. The first-order valence-corrected chi connectivity index (χ1v) is 11.9. The predicted octanol–water partition coefficient (Wildman–Crippen LogP) is 7.99. The van der Waals surface area contributed by atoms with Gasteiger partial charge in [0.25, 0.3) is 0 Å². The minimum atomic E-state index is -0.270. The number of aryl methyl sites for hydroxylation is 1. The molecule has 1 spiro atoms. The second-order valence-electron chi connectivity index (χ2n) is 9.70. The van der Waals surface area contributed by atoms with E-state index < -0.39 is 0 Å². The average Bonchev–Trinajstić information content (AvgIpc) is 3.35. The number of allylic oxidation sites excluding steroid dienone is 4. The zero-order valence-electron chi connectivity index (χ0n) is 18.6. The molecule has 5 aromatic rings. The summed E-state index contributed by atoms with van der Waals surface area (Å²) in [6, 6.07) is 32.0. The highest BCUT2D eigenvalue weighted by molar-refractivity contribution is 6.14. The molecule has 0 N–H and O–H groups in total. The van der Waals surface area contributed by atoms with Crippen LogP contribution in [0.5, 0.6) is 0 Å². The third-order valence-electron chi connectivity index (χ3n) is 8.12. The topological polar surface area (TPSA) is 4.93 Å². The van der Waals surface area contributed by atoms with E-state index >= 15 is 0 Å². The zero-order valence-corrected chi connectivity index (χ0v) is 18.6. The lowest BCUT2D eigenvalue weighted by Crippen LogP contribution is -2.34. The Hall–Kier alpha value is -3.84. The van der Waals surface area contributed by atoms with Gasteiger partial charge in [0, 0.05) is 16.5 Å². The van der Waals surface area contributed by atoms with Crippen molar-refractivity contribution < 1.29 is 0 Å². The highest BCUT2D eigenvalue weighted by atomic mass is 15.0. The number of hydrogen-bond acceptors (Lipinski definition) is 0. The van der Waals surface area contributed by atoms with Crippen molar-refractivity contribution in [1.82, 2.24) is 4.57 Å². The SMILES string of the molecule is Cc1ccc2c(c1)C1(C3=C(CCC=C3)n3c4ccccc4c4cccc1c43)c1ccccc1-2. The van der Waals surface area contributed by atoms with Gasteiger partial charge < -0.3 is 4.57 Å². The van der Waals surface area contributed by atoms with E-state index in [2.05, 4.69) is 109 Å². The fraction of sp³-hybridized carbons (Fsp3) is 0.125. The summed E-state index contributed by atoms with van der Waals surface area (Å²) in [6.07, 6.45) is 6.98. The van der Waals surface area contributed by atoms with E-state index in [1.54, 1.807) is 0 Å². The maximum atomic E-state index is 2.58. The van der Waals surface area contributed by atoms with Crippen LogP contribution in [0.3, 0.4) is 0 Å². The molecule has 2 aliphatic carbocycles. The fourth-order valence-electron chi connectivity index (χ4n) is 6.95. The van der Waals surface area contributed by atoms with E-state index in [-0.39, 0.29) is 5.41 Å². The summed E-state index contributed by atoms with van der Waals surface area (Å²) in [5.41, 5.74) is 13.7. The Morgan fingerprint density at radius 2 is 1.52 bits per heavy atom. The van der Waals surface area contributed by atoms with Crippen LogP contribution in [0.4, 0.5) is 0 Å². The van der Waals surface area contributed by atoms with E-state index in [0.29, 0.717) is 0 Å². The number of benzene rings is 4. The van der Waals surface area contributed by atoms with E-state index in [4.69, 9.17) is 0 Å². The van der Waals surface area contributed by atoms with Crippen molar-refractivity contribution in [1.29, 1.82) is 0 Å². The third kappa shape index (κ3) is 1.92.